The van der Waals surface area contributed by atoms with E-state index in [0.717, 1.165) is 21.6 Å². The fourth-order valence-corrected chi connectivity index (χ4v) is 10.3. The second-order valence-corrected chi connectivity index (χ2v) is 22.4. The van der Waals surface area contributed by atoms with Gasteiger partial charge in [0.2, 0.25) is 65.0 Å². The van der Waals surface area contributed by atoms with Crippen LogP contribution in [0.3, 0.4) is 0 Å². The van der Waals surface area contributed by atoms with Crippen molar-refractivity contribution in [1.29, 1.82) is 0 Å². The molecule has 11 amide bonds. The molecule has 3 rings (SSSR count). The van der Waals surface area contributed by atoms with Crippen molar-refractivity contribution in [3.8, 4) is 5.75 Å². The number of nitrogens with two attached hydrogens (primary N) is 4. The second-order valence-electron chi connectivity index (χ2n) is 19.9. The number of nitrogens with one attached hydrogen (secondary N) is 7. The number of aliphatic hydroxyl groups is 1. The van der Waals surface area contributed by atoms with Gasteiger partial charge in [-0.2, -0.15) is 0 Å². The molecule has 456 valence electrons. The monoisotopic (exact) mass is 1200 g/mol. The summed E-state index contributed by atoms with van der Waals surface area (Å²) in [5.41, 5.74) is 20.2. The summed E-state index contributed by atoms with van der Waals surface area (Å²) in [5, 5.41) is 61.5. The molecule has 20 N–H and O–H groups in total. The summed E-state index contributed by atoms with van der Waals surface area (Å²) in [4.78, 5) is 179. The molecule has 2 fully saturated rings. The number of carbonyl (C=O) groups is 14. The maximum absolute atomic E-state index is 14.5. The Morgan fingerprint density at radius 3 is 1.84 bits per heavy atom. The number of amides is 11. The van der Waals surface area contributed by atoms with Crippen molar-refractivity contribution in [1.82, 2.24) is 42.1 Å². The number of aromatic hydroxyl groups is 1. The van der Waals surface area contributed by atoms with E-state index in [1.807, 2.05) is 13.8 Å². The number of nitrogens with zero attached hydrogens (tertiary/aromatic N) is 1. The van der Waals surface area contributed by atoms with E-state index in [-0.39, 0.29) is 49.0 Å². The van der Waals surface area contributed by atoms with Gasteiger partial charge in [-0.25, -0.2) is 4.79 Å². The minimum absolute atomic E-state index is 0.0468. The van der Waals surface area contributed by atoms with E-state index in [4.69, 9.17) is 43.4 Å². The maximum Gasteiger partial charge on any atom is 0.336 e. The summed E-state index contributed by atoms with van der Waals surface area (Å²) in [7, 11) is 2.05. The Morgan fingerprint density at radius 1 is 0.744 bits per heavy atom. The van der Waals surface area contributed by atoms with Crippen LogP contribution in [-0.4, -0.2) is 192 Å². The van der Waals surface area contributed by atoms with Crippen LogP contribution < -0.4 is 60.2 Å². The summed E-state index contributed by atoms with van der Waals surface area (Å²) < 4.78 is 0. The highest BCUT2D eigenvalue weighted by molar-refractivity contribution is 8.76. The summed E-state index contributed by atoms with van der Waals surface area (Å²) in [6, 6.07) is -5.05. The zero-order valence-corrected chi connectivity index (χ0v) is 47.1. The van der Waals surface area contributed by atoms with Gasteiger partial charge in [0.25, 0.3) is 0 Å². The molecule has 9 atom stereocenters. The smallest absolute Gasteiger partial charge is 0.336 e. The molecule has 0 aliphatic carbocycles. The normalized spacial score (nSPS) is 22.2. The fourth-order valence-electron chi connectivity index (χ4n) is 8.06. The molecular weight excluding hydrogens is 1120 g/mol. The number of carboxylic acids is 3. The summed E-state index contributed by atoms with van der Waals surface area (Å²) in [6.07, 6.45) is -2.98. The van der Waals surface area contributed by atoms with E-state index in [2.05, 4.69) is 37.2 Å². The molecule has 2 heterocycles. The number of benzene rings is 1. The van der Waals surface area contributed by atoms with Crippen molar-refractivity contribution < 1.29 is 92.7 Å². The third-order valence-electron chi connectivity index (χ3n) is 12.6. The van der Waals surface area contributed by atoms with Crippen LogP contribution in [0.25, 0.3) is 0 Å². The van der Waals surface area contributed by atoms with Gasteiger partial charge < -0.3 is 90.6 Å². The highest BCUT2D eigenvalue weighted by atomic mass is 33.1. The van der Waals surface area contributed by atoms with Crippen molar-refractivity contribution in [3.05, 3.63) is 29.8 Å². The predicted molar refractivity (Wildman–Crippen MR) is 291 cm³/mol. The third kappa shape index (κ3) is 24.1. The zero-order valence-electron chi connectivity index (χ0n) is 45.5. The lowest BCUT2D eigenvalue weighted by Gasteiger charge is -2.31. The van der Waals surface area contributed by atoms with Crippen LogP contribution in [-0.2, 0) is 73.5 Å². The van der Waals surface area contributed by atoms with Crippen LogP contribution in [0.5, 0.6) is 5.75 Å². The van der Waals surface area contributed by atoms with E-state index >= 15 is 0 Å². The van der Waals surface area contributed by atoms with E-state index in [9.17, 15) is 72.2 Å². The number of carboxylic acid groups (broad SMARTS) is 3. The summed E-state index contributed by atoms with van der Waals surface area (Å²) >= 11 is 0. The van der Waals surface area contributed by atoms with E-state index in [0.29, 0.717) is 18.4 Å². The van der Waals surface area contributed by atoms with Gasteiger partial charge in [0.1, 0.15) is 48.0 Å². The largest absolute Gasteiger partial charge is 0.508 e. The number of hydrogen-bond acceptors (Lipinski definition) is 19. The van der Waals surface area contributed by atoms with Crippen LogP contribution in [0.2, 0.25) is 0 Å². The Hall–Kier alpha value is -7.78. The molecule has 0 unspecified atom stereocenters. The van der Waals surface area contributed by atoms with Gasteiger partial charge in [0, 0.05) is 30.9 Å². The number of aliphatic carboxylic acids is 3. The summed E-state index contributed by atoms with van der Waals surface area (Å²) in [5.74, 6) is -15.4. The molecule has 0 aromatic heterocycles. The Balaban J connectivity index is 0.00000156. The third-order valence-corrected chi connectivity index (χ3v) is 15.0. The van der Waals surface area contributed by atoms with Crippen LogP contribution >= 0.6 is 21.6 Å². The molecule has 0 saturated carbocycles. The first kappa shape index (κ1) is 70.3. The average Bonchev–Trinajstić information content (AvgIpc) is 3.91. The van der Waals surface area contributed by atoms with Gasteiger partial charge in [-0.1, -0.05) is 67.8 Å². The SMILES string of the molecule is CC[C@H](C)[C@@H]1NC(=O)[C@H](Cc2ccc(O)cc2)NC(=O)[C@@H](N)CSSC[C@@H](C(=O)N2CCC[C@H]2C(=O)N[C@@H](CC(C)C)C(=O)NCC(N)=O)NC(=O)[C@H](CC(N)=O)NC(=O)[C@H](CCC(N)=O)NC1=O.O=C(O)CC(O)(CC(=O)O)C(=O)O. The van der Waals surface area contributed by atoms with Gasteiger partial charge >= 0.3 is 17.9 Å². The molecule has 0 bridgehead atoms. The molecule has 2 aliphatic heterocycles. The molecule has 0 spiro atoms. The van der Waals surface area contributed by atoms with Crippen molar-refractivity contribution in [2.24, 2.45) is 34.8 Å². The lowest BCUT2D eigenvalue weighted by Crippen LogP contribution is -2.61. The lowest BCUT2D eigenvalue weighted by molar-refractivity contribution is -0.170. The zero-order chi connectivity index (χ0) is 62.2. The Kier molecular flexibility index (Phi) is 29.0. The molecule has 31 nitrogen and oxygen atoms in total. The van der Waals surface area contributed by atoms with Gasteiger partial charge in [-0.15, -0.1) is 0 Å². The topological polar surface area (TPSA) is 532 Å². The molecule has 2 aliphatic rings. The first-order valence-electron chi connectivity index (χ1n) is 25.7. The first-order chi connectivity index (χ1) is 38.3. The standard InChI is InChI=1S/C43H66N12O12S2.C6H8O7/c1-5-22(4)35-42(66)49-26(12-13-32(45)57)38(62)51-29(17-33(46)58)39(63)53-30(20-69-68-19-25(44)36(60)50-28(40(64)54-35)16-23-8-10-24(56)11-9-23)43(67)55-14-6-7-31(55)41(65)52-27(15-21(2)3)37(61)48-18-34(47)59;7-3(8)1-6(13,5(11)12)2-4(9)10/h8-11,21-22,25-31,35,56H,5-7,12-20,44H2,1-4H3,(H2,45,57)(H2,46,58)(H2,47,59)(H,48,61)(H,49,66)(H,50,60)(H,51,62)(H,52,65)(H,53,63)(H,54,64);13H,1-2H2,(H,7,8)(H,9,10)(H,11,12)/t22-,25-,26-,27-,28-,29-,30-,31-,35-;/m0./s1. The quantitative estimate of drug-likeness (QED) is 0.0484. The van der Waals surface area contributed by atoms with Crippen molar-refractivity contribution in [3.63, 3.8) is 0 Å². The fraction of sp³-hybridized carbons (Fsp3) is 0.592. The Morgan fingerprint density at radius 2 is 1.30 bits per heavy atom. The Bertz CT molecular complexity index is 2490. The van der Waals surface area contributed by atoms with Crippen molar-refractivity contribution in [2.75, 3.05) is 24.6 Å². The highest BCUT2D eigenvalue weighted by Gasteiger charge is 2.42. The average molecular weight is 1200 g/mol. The van der Waals surface area contributed by atoms with Crippen molar-refractivity contribution in [2.45, 2.75) is 146 Å². The Labute approximate surface area is 478 Å². The van der Waals surface area contributed by atoms with Crippen LogP contribution in [0.1, 0.15) is 91.0 Å². The maximum atomic E-state index is 14.5. The number of primary amides is 3. The number of likely N-dealkylation sites (tertiary alicyclic amines) is 1. The summed E-state index contributed by atoms with van der Waals surface area (Å²) in [6.45, 7) is 6.60. The minimum atomic E-state index is -2.74. The van der Waals surface area contributed by atoms with E-state index in [1.165, 1.54) is 29.2 Å². The van der Waals surface area contributed by atoms with Crippen LogP contribution in [0, 0.1) is 11.8 Å². The molecule has 0 radical (unpaired) electrons. The number of phenolic OH excluding ortho intramolecular Hbond substituents is 1. The van der Waals surface area contributed by atoms with Gasteiger partial charge in [-0.05, 0) is 55.2 Å². The van der Waals surface area contributed by atoms with Gasteiger partial charge in [0.15, 0.2) is 5.60 Å². The van der Waals surface area contributed by atoms with Gasteiger partial charge in [-0.3, -0.25) is 62.3 Å². The second kappa shape index (κ2) is 33.8. The predicted octanol–water partition coefficient (Wildman–Crippen LogP) is -4.86. The number of phenols is 1. The number of hydrogen-bond donors (Lipinski definition) is 16. The molecule has 33 heteroatoms. The number of rotatable bonds is 22. The van der Waals surface area contributed by atoms with Crippen LogP contribution in [0.4, 0.5) is 0 Å². The van der Waals surface area contributed by atoms with Crippen molar-refractivity contribution >= 4 is 104 Å². The van der Waals surface area contributed by atoms with E-state index in [1.54, 1.807) is 13.8 Å². The molecule has 1 aromatic rings. The minimum Gasteiger partial charge on any atom is -0.508 e. The lowest BCUT2D eigenvalue weighted by atomic mass is 9.96. The molecular formula is C49H74N12O19S2. The molecule has 82 heavy (non-hydrogen) atoms. The van der Waals surface area contributed by atoms with E-state index < -0.39 is 181 Å². The van der Waals surface area contributed by atoms with Crippen LogP contribution in [0.15, 0.2) is 24.3 Å². The molecule has 2 saturated heterocycles. The first-order valence-corrected chi connectivity index (χ1v) is 28.2. The molecule has 1 aromatic carbocycles. The number of carbonyl (C=O) groups excluding carboxylic acids is 11. The highest BCUT2D eigenvalue weighted by Crippen LogP contribution is 2.26. The van der Waals surface area contributed by atoms with Gasteiger partial charge in [0.05, 0.1) is 31.8 Å².